The fourth-order valence-corrected chi connectivity index (χ4v) is 1.76. The van der Waals surface area contributed by atoms with E-state index in [4.69, 9.17) is 5.11 Å². The van der Waals surface area contributed by atoms with Gasteiger partial charge in [-0.25, -0.2) is 0 Å². The quantitative estimate of drug-likeness (QED) is 0.260. The number of anilines is 1. The van der Waals surface area contributed by atoms with E-state index in [0.717, 1.165) is 0 Å². The molecule has 8 heteroatoms. The number of hydrogen-bond acceptors (Lipinski definition) is 5. The lowest BCUT2D eigenvalue weighted by Crippen LogP contribution is -2.23. The lowest BCUT2D eigenvalue weighted by atomic mass is 10.2. The smallest absolute Gasteiger partial charge is 0.266 e. The summed E-state index contributed by atoms with van der Waals surface area (Å²) in [7, 11) is 0. The monoisotopic (exact) mass is 280 g/mol. The maximum absolute atomic E-state index is 11.5. The van der Waals surface area contributed by atoms with Gasteiger partial charge in [-0.1, -0.05) is 11.8 Å². The average Bonchev–Trinajstić information content (AvgIpc) is 2.85. The maximum Gasteiger partial charge on any atom is 0.266 e. The lowest BCUT2D eigenvalue weighted by molar-refractivity contribution is -0.386. The number of carbonyl (C=O) groups excluding carboxylic acids is 1. The highest BCUT2D eigenvalue weighted by molar-refractivity contribution is 5.96. The first-order valence-electron chi connectivity index (χ1n) is 6.02. The lowest BCUT2D eigenvalue weighted by Gasteiger charge is -2.24. The Hall–Kier alpha value is -2.19. The van der Waals surface area contributed by atoms with Crippen LogP contribution in [-0.2, 0) is 4.79 Å². The first-order valence-corrected chi connectivity index (χ1v) is 6.02. The number of amides is 1. The van der Waals surface area contributed by atoms with Gasteiger partial charge in [0.05, 0.1) is 0 Å². The summed E-state index contributed by atoms with van der Waals surface area (Å²) in [6.45, 7) is 1.69. The number of aliphatic hydroxyl groups is 3. The molecular formula is C12H14N3O5-. The Morgan fingerprint density at radius 2 is 2.40 bits per heavy atom. The minimum atomic E-state index is -0.543. The number of nitro benzene ring substituents is 1. The van der Waals surface area contributed by atoms with E-state index >= 15 is 0 Å². The molecule has 108 valence electrons. The van der Waals surface area contributed by atoms with Crippen LogP contribution in [0.3, 0.4) is 0 Å². The maximum atomic E-state index is 11.5. The number of nitro groups is 1. The standard InChI is InChI=1S/C12H14N3O5/c16-5-1-4-13-10-3-2-9(6-11(10)15(18)19)14-8-20-7-12(14)17/h2-3,6,8,16,20H,1,4-5,7H2/q-1. The van der Waals surface area contributed by atoms with E-state index in [1.807, 2.05) is 0 Å². The summed E-state index contributed by atoms with van der Waals surface area (Å²) in [6.07, 6.45) is 0.441. The largest absolute Gasteiger partial charge is 0.557 e. The second-order valence-corrected chi connectivity index (χ2v) is 4.11. The van der Waals surface area contributed by atoms with Crippen molar-refractivity contribution in [3.8, 4) is 0 Å². The van der Waals surface area contributed by atoms with E-state index in [0.29, 0.717) is 18.7 Å². The van der Waals surface area contributed by atoms with E-state index in [1.54, 1.807) is 6.07 Å². The Balaban J connectivity index is 2.34. The molecule has 0 bridgehead atoms. The van der Waals surface area contributed by atoms with Crippen molar-refractivity contribution in [3.05, 3.63) is 40.4 Å². The van der Waals surface area contributed by atoms with Crippen molar-refractivity contribution in [3.63, 3.8) is 0 Å². The molecule has 1 heterocycles. The second kappa shape index (κ2) is 6.31. The number of aliphatic hydroxyl groups excluding tert-OH is 1. The molecular weight excluding hydrogens is 266 g/mol. The van der Waals surface area contributed by atoms with Gasteiger partial charge in [-0.3, -0.25) is 14.9 Å². The van der Waals surface area contributed by atoms with E-state index in [-0.39, 0.29) is 30.2 Å². The highest BCUT2D eigenvalue weighted by Crippen LogP contribution is 2.21. The zero-order chi connectivity index (χ0) is 14.5. The van der Waals surface area contributed by atoms with Gasteiger partial charge in [0.1, 0.15) is 0 Å². The van der Waals surface area contributed by atoms with Crippen LogP contribution in [-0.4, -0.2) is 40.4 Å². The molecule has 20 heavy (non-hydrogen) atoms. The third kappa shape index (κ3) is 3.03. The molecule has 0 unspecified atom stereocenters. The average molecular weight is 280 g/mol. The van der Waals surface area contributed by atoms with Crippen LogP contribution in [0.15, 0.2) is 23.2 Å². The predicted octanol–water partition coefficient (Wildman–Crippen LogP) is -0.409. The zero-order valence-corrected chi connectivity index (χ0v) is 10.6. The fourth-order valence-electron chi connectivity index (χ4n) is 1.76. The molecule has 2 N–H and O–H groups in total. The van der Waals surface area contributed by atoms with Gasteiger partial charge in [0.15, 0.2) is 12.3 Å². The molecule has 1 aromatic rings. The van der Waals surface area contributed by atoms with Gasteiger partial charge in [0.25, 0.3) is 5.91 Å². The molecule has 1 saturated heterocycles. The predicted molar refractivity (Wildman–Crippen MR) is 69.7 cm³/mol. The summed E-state index contributed by atoms with van der Waals surface area (Å²) in [5.74, 6) is -0.232. The van der Waals surface area contributed by atoms with E-state index in [1.165, 1.54) is 23.8 Å². The van der Waals surface area contributed by atoms with Crippen molar-refractivity contribution >= 4 is 17.3 Å². The number of non-ortho nitro benzene ring substituents is 1. The number of nitrogens with zero attached hydrogens (tertiary/aromatic N) is 3. The summed E-state index contributed by atoms with van der Waals surface area (Å²) in [5, 5.41) is 20.0. The molecule has 8 nitrogen and oxygen atoms in total. The Kier molecular flexibility index (Phi) is 4.49. The van der Waals surface area contributed by atoms with Gasteiger partial charge < -0.3 is 19.7 Å². The Bertz CT molecular complexity index is 581. The Morgan fingerprint density at radius 3 is 3.00 bits per heavy atom. The highest BCUT2D eigenvalue weighted by Gasteiger charge is 2.16. The summed E-state index contributed by atoms with van der Waals surface area (Å²) >= 11 is 0. The first kappa shape index (κ1) is 14.2. The van der Waals surface area contributed by atoms with Crippen molar-refractivity contribution in [2.75, 3.05) is 24.7 Å². The van der Waals surface area contributed by atoms with Crippen LogP contribution in [0.5, 0.6) is 0 Å². The summed E-state index contributed by atoms with van der Waals surface area (Å²) in [4.78, 5) is 27.4. The zero-order valence-electron chi connectivity index (χ0n) is 10.6. The van der Waals surface area contributed by atoms with Gasteiger partial charge in [-0.15, -0.1) is 12.1 Å². The van der Waals surface area contributed by atoms with Crippen molar-refractivity contribution in [2.45, 2.75) is 6.42 Å². The molecule has 1 aliphatic rings. The van der Waals surface area contributed by atoms with Gasteiger partial charge in [0, 0.05) is 30.2 Å². The molecule has 0 aromatic heterocycles. The van der Waals surface area contributed by atoms with Gasteiger partial charge in [-0.2, -0.15) is 0 Å². The van der Waals surface area contributed by atoms with Crippen LogP contribution in [0.1, 0.15) is 6.42 Å². The van der Waals surface area contributed by atoms with E-state index < -0.39 is 4.92 Å². The summed E-state index contributed by atoms with van der Waals surface area (Å²) in [5.41, 5.74) is 0.220. The summed E-state index contributed by atoms with van der Waals surface area (Å²) < 4.78 is 3.81. The fraction of sp³-hybridized carbons (Fsp3) is 0.333. The number of ether oxygens (including phenoxy) is 1. The molecule has 0 spiro atoms. The van der Waals surface area contributed by atoms with Gasteiger partial charge in [-0.05, 0) is 6.42 Å². The third-order valence-electron chi connectivity index (χ3n) is 2.72. The number of carbonyl (C=O) groups is 1. The van der Waals surface area contributed by atoms with Crippen LogP contribution in [0.25, 0.3) is 0 Å². The number of hydrogen-bond donors (Lipinski definition) is 1. The number of rotatable bonds is 5. The third-order valence-corrected chi connectivity index (χ3v) is 2.72. The molecule has 1 aromatic carbocycles. The van der Waals surface area contributed by atoms with Crippen LogP contribution in [0, 0.1) is 16.8 Å². The minimum Gasteiger partial charge on any atom is -0.557 e. The van der Waals surface area contributed by atoms with Crippen LogP contribution in [0.2, 0.25) is 0 Å². The molecule has 0 aliphatic carbocycles. The van der Waals surface area contributed by atoms with Crippen molar-refractivity contribution in [1.82, 2.24) is 0 Å². The normalized spacial score (nSPS) is 15.9. The molecule has 2 rings (SSSR count). The SMILES string of the molecule is O=C1C[OH+][CH-]N1c1ccc(=NCCCO)[c-]([N+](=O)[O-])c1. The van der Waals surface area contributed by atoms with Gasteiger partial charge >= 0.3 is 0 Å². The summed E-state index contributed by atoms with van der Waals surface area (Å²) in [6, 6.07) is 4.37. The Morgan fingerprint density at radius 1 is 1.60 bits per heavy atom. The Labute approximate surface area is 114 Å². The van der Waals surface area contributed by atoms with Crippen LogP contribution in [0.4, 0.5) is 11.4 Å². The highest BCUT2D eigenvalue weighted by atomic mass is 16.6. The van der Waals surface area contributed by atoms with E-state index in [9.17, 15) is 14.9 Å². The molecule has 1 fully saturated rings. The van der Waals surface area contributed by atoms with Crippen molar-refractivity contribution < 1.29 is 19.6 Å². The van der Waals surface area contributed by atoms with Crippen LogP contribution < -0.4 is 10.3 Å². The molecule has 0 radical (unpaired) electrons. The van der Waals surface area contributed by atoms with Gasteiger partial charge in [0.2, 0.25) is 0 Å². The molecule has 0 atom stereocenters. The molecule has 1 aliphatic heterocycles. The first-order chi connectivity index (χ1) is 9.63. The molecule has 0 saturated carbocycles. The van der Waals surface area contributed by atoms with Crippen molar-refractivity contribution in [2.24, 2.45) is 4.99 Å². The van der Waals surface area contributed by atoms with E-state index in [2.05, 4.69) is 9.73 Å². The van der Waals surface area contributed by atoms with Crippen molar-refractivity contribution in [1.29, 1.82) is 0 Å². The number of benzene rings is 1. The minimum absolute atomic E-state index is 0.0197. The molecule has 1 amide bonds. The van der Waals surface area contributed by atoms with Crippen LogP contribution >= 0.6 is 0 Å². The topological polar surface area (TPSA) is 109 Å². The second-order valence-electron chi connectivity index (χ2n) is 4.11.